The van der Waals surface area contributed by atoms with E-state index in [0.717, 1.165) is 22.4 Å². The van der Waals surface area contributed by atoms with Crippen molar-refractivity contribution < 1.29 is 9.72 Å². The average Bonchev–Trinajstić information content (AvgIpc) is 3.04. The van der Waals surface area contributed by atoms with Gasteiger partial charge < -0.3 is 0 Å². The zero-order valence-electron chi connectivity index (χ0n) is 14.6. The number of non-ortho nitro benzene ring substituents is 1. The number of nitrogens with zero attached hydrogens (tertiary/aromatic N) is 2. The summed E-state index contributed by atoms with van der Waals surface area (Å²) in [6.45, 7) is 1.50. The Balaban J connectivity index is 2.20. The van der Waals surface area contributed by atoms with Crippen LogP contribution in [0.15, 0.2) is 78.9 Å². The molecule has 1 aromatic heterocycles. The lowest BCUT2D eigenvalue weighted by Crippen LogP contribution is -2.07. The molecule has 0 saturated heterocycles. The van der Waals surface area contributed by atoms with Crippen molar-refractivity contribution in [3.63, 3.8) is 0 Å². The maximum atomic E-state index is 12.5. The van der Waals surface area contributed by atoms with E-state index in [1.54, 1.807) is 16.7 Å². The second kappa shape index (κ2) is 6.53. The number of carbonyl (C=O) groups excluding carboxylic acids is 1. The minimum atomic E-state index is -0.415. The fraction of sp³-hybridized carbons (Fsp3) is 0.0455. The molecule has 0 atom stereocenters. The molecule has 0 bridgehead atoms. The highest BCUT2D eigenvalue weighted by molar-refractivity contribution is 6.10. The Labute approximate surface area is 155 Å². The first-order valence-electron chi connectivity index (χ1n) is 8.52. The fourth-order valence-electron chi connectivity index (χ4n) is 3.49. The van der Waals surface area contributed by atoms with Gasteiger partial charge in [-0.1, -0.05) is 60.7 Å². The van der Waals surface area contributed by atoms with E-state index in [0.29, 0.717) is 10.9 Å². The number of rotatable bonds is 3. The number of hydrogen-bond acceptors (Lipinski definition) is 3. The summed E-state index contributed by atoms with van der Waals surface area (Å²) in [6, 6.07) is 23.9. The molecule has 0 N–H and O–H groups in total. The van der Waals surface area contributed by atoms with Crippen LogP contribution < -0.4 is 0 Å². The van der Waals surface area contributed by atoms with Crippen molar-refractivity contribution in [1.29, 1.82) is 0 Å². The molecule has 4 aromatic rings. The number of carbonyl (C=O) groups is 1. The minimum Gasteiger partial charge on any atom is -0.279 e. The third-order valence-electron chi connectivity index (χ3n) is 4.59. The summed E-state index contributed by atoms with van der Waals surface area (Å²) in [5.74, 6) is -0.144. The van der Waals surface area contributed by atoms with Crippen molar-refractivity contribution in [2.75, 3.05) is 0 Å². The van der Waals surface area contributed by atoms with E-state index in [4.69, 9.17) is 0 Å². The van der Waals surface area contributed by atoms with Crippen LogP contribution >= 0.6 is 0 Å². The summed E-state index contributed by atoms with van der Waals surface area (Å²) in [6.07, 6.45) is 0. The molecule has 4 rings (SSSR count). The Morgan fingerprint density at radius 1 is 0.889 bits per heavy atom. The van der Waals surface area contributed by atoms with Crippen LogP contribution in [0.1, 0.15) is 11.7 Å². The van der Waals surface area contributed by atoms with Crippen LogP contribution in [0.25, 0.3) is 33.3 Å². The standard InChI is InChI=1S/C22H16N2O3/c1-15(25)23-20-13-12-18(24(26)27)14-19(20)21(16-8-4-2-5-9-16)22(23)17-10-6-3-7-11-17/h2-14H,1H3. The molecular weight excluding hydrogens is 340 g/mol. The van der Waals surface area contributed by atoms with Gasteiger partial charge in [-0.3, -0.25) is 19.5 Å². The zero-order chi connectivity index (χ0) is 19.0. The van der Waals surface area contributed by atoms with Crippen molar-refractivity contribution in [2.45, 2.75) is 6.92 Å². The van der Waals surface area contributed by atoms with Crippen LogP contribution in [0.3, 0.4) is 0 Å². The molecule has 0 unspecified atom stereocenters. The van der Waals surface area contributed by atoms with Gasteiger partial charge in [0.1, 0.15) is 0 Å². The van der Waals surface area contributed by atoms with E-state index in [2.05, 4.69) is 0 Å². The molecule has 0 spiro atoms. The summed E-state index contributed by atoms with van der Waals surface area (Å²) >= 11 is 0. The highest BCUT2D eigenvalue weighted by Gasteiger charge is 2.23. The maximum Gasteiger partial charge on any atom is 0.270 e. The highest BCUT2D eigenvalue weighted by Crippen LogP contribution is 2.41. The third kappa shape index (κ3) is 2.79. The molecule has 5 heteroatoms. The van der Waals surface area contributed by atoms with Crippen LogP contribution in [-0.2, 0) is 0 Å². The van der Waals surface area contributed by atoms with Gasteiger partial charge in [-0.05, 0) is 17.2 Å². The number of benzene rings is 3. The Kier molecular flexibility index (Phi) is 4.05. The summed E-state index contributed by atoms with van der Waals surface area (Å²) < 4.78 is 1.64. The predicted molar refractivity (Wildman–Crippen MR) is 106 cm³/mol. The molecule has 3 aromatic carbocycles. The second-order valence-electron chi connectivity index (χ2n) is 6.27. The van der Waals surface area contributed by atoms with Crippen molar-refractivity contribution >= 4 is 22.5 Å². The number of hydrogen-bond donors (Lipinski definition) is 0. The molecular formula is C22H16N2O3. The van der Waals surface area contributed by atoms with Gasteiger partial charge in [-0.25, -0.2) is 0 Å². The molecule has 0 amide bonds. The van der Waals surface area contributed by atoms with Crippen LogP contribution in [0.2, 0.25) is 0 Å². The molecule has 0 fully saturated rings. The largest absolute Gasteiger partial charge is 0.279 e. The van der Waals surface area contributed by atoms with Crippen LogP contribution in [0.4, 0.5) is 5.69 Å². The van der Waals surface area contributed by atoms with Gasteiger partial charge >= 0.3 is 0 Å². The average molecular weight is 356 g/mol. The smallest absolute Gasteiger partial charge is 0.270 e. The Morgan fingerprint density at radius 3 is 2.04 bits per heavy atom. The molecule has 0 aliphatic rings. The summed E-state index contributed by atoms with van der Waals surface area (Å²) in [4.78, 5) is 23.5. The van der Waals surface area contributed by atoms with Gasteiger partial charge in [0.25, 0.3) is 5.69 Å². The number of aromatic nitrogens is 1. The van der Waals surface area contributed by atoms with Crippen LogP contribution in [0, 0.1) is 10.1 Å². The zero-order valence-corrected chi connectivity index (χ0v) is 14.6. The first-order valence-corrected chi connectivity index (χ1v) is 8.52. The van der Waals surface area contributed by atoms with E-state index >= 15 is 0 Å². The molecule has 132 valence electrons. The van der Waals surface area contributed by atoms with E-state index < -0.39 is 4.92 Å². The normalized spacial score (nSPS) is 10.9. The van der Waals surface area contributed by atoms with Gasteiger partial charge in [0, 0.05) is 30.0 Å². The van der Waals surface area contributed by atoms with E-state index in [-0.39, 0.29) is 11.6 Å². The summed E-state index contributed by atoms with van der Waals surface area (Å²) in [7, 11) is 0. The number of fused-ring (bicyclic) bond motifs is 1. The maximum absolute atomic E-state index is 12.5. The number of nitro groups is 1. The Bertz CT molecular complexity index is 1160. The van der Waals surface area contributed by atoms with Crippen molar-refractivity contribution in [2.24, 2.45) is 0 Å². The molecule has 1 heterocycles. The highest BCUT2D eigenvalue weighted by atomic mass is 16.6. The van der Waals surface area contributed by atoms with Gasteiger partial charge in [0.05, 0.1) is 16.1 Å². The first-order chi connectivity index (χ1) is 13.1. The predicted octanol–water partition coefficient (Wildman–Crippen LogP) is 5.54. The van der Waals surface area contributed by atoms with E-state index in [1.165, 1.54) is 13.0 Å². The summed E-state index contributed by atoms with van der Waals surface area (Å²) in [5.41, 5.74) is 4.00. The van der Waals surface area contributed by atoms with Gasteiger partial charge in [-0.2, -0.15) is 0 Å². The van der Waals surface area contributed by atoms with Crippen molar-refractivity contribution in [1.82, 2.24) is 4.57 Å². The minimum absolute atomic E-state index is 0.00000478. The first kappa shape index (κ1) is 16.7. The molecule has 0 aliphatic heterocycles. The Morgan fingerprint density at radius 2 is 1.48 bits per heavy atom. The van der Waals surface area contributed by atoms with E-state index in [1.807, 2.05) is 60.7 Å². The molecule has 0 radical (unpaired) electrons. The fourth-order valence-corrected chi connectivity index (χ4v) is 3.49. The van der Waals surface area contributed by atoms with Crippen molar-refractivity contribution in [3.8, 4) is 22.4 Å². The molecule has 27 heavy (non-hydrogen) atoms. The topological polar surface area (TPSA) is 65.1 Å². The molecule has 0 aliphatic carbocycles. The lowest BCUT2D eigenvalue weighted by molar-refractivity contribution is -0.384. The quantitative estimate of drug-likeness (QED) is 0.357. The Hall–Kier alpha value is -3.73. The van der Waals surface area contributed by atoms with Crippen molar-refractivity contribution in [3.05, 3.63) is 89.0 Å². The van der Waals surface area contributed by atoms with Crippen LogP contribution in [0.5, 0.6) is 0 Å². The second-order valence-corrected chi connectivity index (χ2v) is 6.27. The number of nitro benzene ring substituents is 1. The monoisotopic (exact) mass is 356 g/mol. The lowest BCUT2D eigenvalue weighted by atomic mass is 9.98. The van der Waals surface area contributed by atoms with Gasteiger partial charge in [-0.15, -0.1) is 0 Å². The molecule has 5 nitrogen and oxygen atoms in total. The third-order valence-corrected chi connectivity index (χ3v) is 4.59. The lowest BCUT2D eigenvalue weighted by Gasteiger charge is -2.10. The van der Waals surface area contributed by atoms with Crippen LogP contribution in [-0.4, -0.2) is 15.4 Å². The SMILES string of the molecule is CC(=O)n1c(-c2ccccc2)c(-c2ccccc2)c2cc([N+](=O)[O-])ccc21. The summed E-state index contributed by atoms with van der Waals surface area (Å²) in [5, 5.41) is 12.0. The van der Waals surface area contributed by atoms with E-state index in [9.17, 15) is 14.9 Å². The van der Waals surface area contributed by atoms with Gasteiger partial charge in [0.2, 0.25) is 5.91 Å². The van der Waals surface area contributed by atoms with Gasteiger partial charge in [0.15, 0.2) is 0 Å². The molecule has 0 saturated carbocycles.